The zero-order chi connectivity index (χ0) is 14.5. The quantitative estimate of drug-likeness (QED) is 0.858. The molecule has 0 bridgehead atoms. The Kier molecular flexibility index (Phi) is 5.28. The highest BCUT2D eigenvalue weighted by atomic mass is 35.5. The summed E-state index contributed by atoms with van der Waals surface area (Å²) in [5, 5.41) is 7.87. The molecule has 0 radical (unpaired) electrons. The lowest BCUT2D eigenvalue weighted by Crippen LogP contribution is -2.17. The minimum Gasteiger partial charge on any atom is -0.330 e. The topological polar surface area (TPSA) is 76.7 Å². The van der Waals surface area contributed by atoms with Crippen molar-refractivity contribution in [2.45, 2.75) is 36.4 Å². The van der Waals surface area contributed by atoms with Crippen LogP contribution in [0.2, 0.25) is 5.02 Å². The number of nitrogens with two attached hydrogens (primary N) is 1. The van der Waals surface area contributed by atoms with Crippen molar-refractivity contribution < 1.29 is 0 Å². The number of aromatic nitrogens is 3. The molecule has 0 saturated heterocycles. The Bertz CT molecular complexity index is 638. The maximum Gasteiger partial charge on any atom is 0.343 e. The maximum absolute atomic E-state index is 11.6. The summed E-state index contributed by atoms with van der Waals surface area (Å²) >= 11 is 7.64. The van der Waals surface area contributed by atoms with Crippen LogP contribution >= 0.6 is 23.4 Å². The van der Waals surface area contributed by atoms with E-state index in [9.17, 15) is 4.79 Å². The van der Waals surface area contributed by atoms with E-state index in [-0.39, 0.29) is 5.69 Å². The average Bonchev–Trinajstić information content (AvgIpc) is 2.75. The highest BCUT2D eigenvalue weighted by Crippen LogP contribution is 2.29. The molecule has 0 amide bonds. The van der Waals surface area contributed by atoms with E-state index in [1.54, 1.807) is 4.57 Å². The summed E-state index contributed by atoms with van der Waals surface area (Å²) in [5.74, 6) is 0. The zero-order valence-corrected chi connectivity index (χ0v) is 12.8. The molecule has 3 N–H and O–H groups in total. The molecule has 0 fully saturated rings. The fourth-order valence-corrected chi connectivity index (χ4v) is 3.10. The van der Waals surface area contributed by atoms with Gasteiger partial charge < -0.3 is 5.73 Å². The number of hydrogen-bond acceptors (Lipinski definition) is 4. The van der Waals surface area contributed by atoms with Crippen molar-refractivity contribution in [3.05, 3.63) is 39.3 Å². The fraction of sp³-hybridized carbons (Fsp3) is 0.385. The van der Waals surface area contributed by atoms with Crippen molar-refractivity contribution in [2.24, 2.45) is 5.73 Å². The third kappa shape index (κ3) is 3.45. The molecule has 2 rings (SSSR count). The normalized spacial score (nSPS) is 10.9. The van der Waals surface area contributed by atoms with Crippen molar-refractivity contribution in [3.8, 4) is 0 Å². The average molecular weight is 313 g/mol. The van der Waals surface area contributed by atoms with Crippen LogP contribution < -0.4 is 11.4 Å². The van der Waals surface area contributed by atoms with Gasteiger partial charge >= 0.3 is 5.69 Å². The second kappa shape index (κ2) is 6.97. The monoisotopic (exact) mass is 312 g/mol. The molecule has 0 atom stereocenters. The lowest BCUT2D eigenvalue weighted by molar-refractivity contribution is 0.604. The van der Waals surface area contributed by atoms with Crippen molar-refractivity contribution in [1.29, 1.82) is 0 Å². The first-order valence-corrected chi connectivity index (χ1v) is 7.66. The third-order valence-electron chi connectivity index (χ3n) is 2.82. The largest absolute Gasteiger partial charge is 0.343 e. The van der Waals surface area contributed by atoms with E-state index in [2.05, 4.69) is 10.2 Å². The molecule has 0 aliphatic heterocycles. The van der Waals surface area contributed by atoms with Gasteiger partial charge in [0.05, 0.1) is 0 Å². The molecule has 20 heavy (non-hydrogen) atoms. The number of hydrogen-bond donors (Lipinski definition) is 2. The van der Waals surface area contributed by atoms with Crippen LogP contribution in [0, 0.1) is 0 Å². The number of nitrogens with zero attached hydrogens (tertiary/aromatic N) is 2. The molecule has 5 nitrogen and oxygen atoms in total. The minimum absolute atomic E-state index is 0.180. The number of nitrogens with one attached hydrogen (secondary N) is 1. The Morgan fingerprint density at radius 1 is 1.50 bits per heavy atom. The summed E-state index contributed by atoms with van der Waals surface area (Å²) < 4.78 is 1.63. The molecular weight excluding hydrogens is 296 g/mol. The molecule has 0 saturated carbocycles. The summed E-state index contributed by atoms with van der Waals surface area (Å²) in [6.45, 7) is 3.24. The van der Waals surface area contributed by atoms with Crippen LogP contribution in [-0.4, -0.2) is 21.3 Å². The predicted octanol–water partition coefficient (Wildman–Crippen LogP) is 2.29. The van der Waals surface area contributed by atoms with E-state index in [1.165, 1.54) is 11.8 Å². The van der Waals surface area contributed by atoms with Gasteiger partial charge in [-0.1, -0.05) is 24.6 Å². The van der Waals surface area contributed by atoms with Gasteiger partial charge in [0.25, 0.3) is 0 Å². The second-order valence-electron chi connectivity index (χ2n) is 4.36. The summed E-state index contributed by atoms with van der Waals surface area (Å²) in [4.78, 5) is 12.6. The predicted molar refractivity (Wildman–Crippen MR) is 81.5 cm³/mol. The lowest BCUT2D eigenvalue weighted by Gasteiger charge is -2.06. The number of H-pyrrole nitrogens is 1. The molecule has 2 aromatic rings. The summed E-state index contributed by atoms with van der Waals surface area (Å²) in [6.07, 6.45) is 1.63. The summed E-state index contributed by atoms with van der Waals surface area (Å²) in [5.41, 5.74) is 6.38. The number of benzene rings is 1. The van der Waals surface area contributed by atoms with E-state index in [0.717, 1.165) is 23.3 Å². The number of aromatic amines is 1. The van der Waals surface area contributed by atoms with Crippen LogP contribution in [0.15, 0.2) is 33.0 Å². The fourth-order valence-electron chi connectivity index (χ4n) is 1.86. The number of rotatable bonds is 6. The van der Waals surface area contributed by atoms with E-state index in [0.29, 0.717) is 23.3 Å². The zero-order valence-electron chi connectivity index (χ0n) is 11.2. The van der Waals surface area contributed by atoms with Crippen LogP contribution in [0.3, 0.4) is 0 Å². The van der Waals surface area contributed by atoms with Crippen molar-refractivity contribution in [2.75, 3.05) is 6.54 Å². The first-order chi connectivity index (χ1) is 9.65. The molecule has 0 aliphatic rings. The lowest BCUT2D eigenvalue weighted by atomic mass is 10.1. The molecular formula is C13H17ClN4OS. The maximum atomic E-state index is 11.6. The molecule has 1 aromatic heterocycles. The van der Waals surface area contributed by atoms with Gasteiger partial charge in [0.15, 0.2) is 5.16 Å². The standard InChI is InChI=1S/C13H17ClN4OS/c1-2-7-18-12(19)16-17-13(18)20-10-4-3-9(5-6-15)11(14)8-10/h3-4,8H,2,5-7,15H2,1H3,(H,16,19). The Labute approximate surface area is 126 Å². The van der Waals surface area contributed by atoms with Crippen LogP contribution in [0.4, 0.5) is 0 Å². The highest BCUT2D eigenvalue weighted by Gasteiger charge is 2.10. The van der Waals surface area contributed by atoms with Gasteiger partial charge in [0.2, 0.25) is 0 Å². The minimum atomic E-state index is -0.180. The molecule has 1 heterocycles. The molecule has 1 aromatic carbocycles. The van der Waals surface area contributed by atoms with Gasteiger partial charge in [-0.05, 0) is 48.8 Å². The first kappa shape index (κ1) is 15.2. The Balaban J connectivity index is 2.22. The van der Waals surface area contributed by atoms with Crippen LogP contribution in [0.25, 0.3) is 0 Å². The SMILES string of the molecule is CCCn1c(Sc2ccc(CCN)c(Cl)c2)n[nH]c1=O. The van der Waals surface area contributed by atoms with Gasteiger partial charge in [-0.25, -0.2) is 9.89 Å². The summed E-state index contributed by atoms with van der Waals surface area (Å²) in [6, 6.07) is 5.82. The molecule has 0 unspecified atom stereocenters. The Morgan fingerprint density at radius 2 is 2.30 bits per heavy atom. The molecule has 108 valence electrons. The van der Waals surface area contributed by atoms with Crippen LogP contribution in [0.1, 0.15) is 18.9 Å². The smallest absolute Gasteiger partial charge is 0.330 e. The van der Waals surface area contributed by atoms with Gasteiger partial charge in [-0.2, -0.15) is 0 Å². The van der Waals surface area contributed by atoms with Gasteiger partial charge in [0, 0.05) is 16.5 Å². The van der Waals surface area contributed by atoms with Gasteiger partial charge in [0.1, 0.15) is 0 Å². The van der Waals surface area contributed by atoms with Crippen LogP contribution in [-0.2, 0) is 13.0 Å². The first-order valence-electron chi connectivity index (χ1n) is 6.47. The molecule has 0 spiro atoms. The highest BCUT2D eigenvalue weighted by molar-refractivity contribution is 7.99. The van der Waals surface area contributed by atoms with Crippen LogP contribution in [0.5, 0.6) is 0 Å². The Morgan fingerprint density at radius 3 is 2.95 bits per heavy atom. The van der Waals surface area contributed by atoms with Crippen molar-refractivity contribution in [3.63, 3.8) is 0 Å². The second-order valence-corrected chi connectivity index (χ2v) is 5.80. The third-order valence-corrected chi connectivity index (χ3v) is 4.15. The van der Waals surface area contributed by atoms with E-state index in [1.807, 2.05) is 25.1 Å². The molecule has 7 heteroatoms. The van der Waals surface area contributed by atoms with E-state index >= 15 is 0 Å². The van der Waals surface area contributed by atoms with E-state index < -0.39 is 0 Å². The van der Waals surface area contributed by atoms with Gasteiger partial charge in [-0.3, -0.25) is 4.57 Å². The summed E-state index contributed by atoms with van der Waals surface area (Å²) in [7, 11) is 0. The van der Waals surface area contributed by atoms with Crippen molar-refractivity contribution >= 4 is 23.4 Å². The van der Waals surface area contributed by atoms with Crippen molar-refractivity contribution in [1.82, 2.24) is 14.8 Å². The Hall–Kier alpha value is -1.24. The number of halogens is 1. The molecule has 0 aliphatic carbocycles. The van der Waals surface area contributed by atoms with E-state index in [4.69, 9.17) is 17.3 Å². The van der Waals surface area contributed by atoms with Gasteiger partial charge in [-0.15, -0.1) is 5.10 Å².